The van der Waals surface area contributed by atoms with E-state index in [0.717, 1.165) is 6.07 Å². The molecule has 0 unspecified atom stereocenters. The van der Waals surface area contributed by atoms with E-state index in [1.54, 1.807) is 4.90 Å². The number of rotatable bonds is 6. The fraction of sp³-hybridized carbons (Fsp3) is 0.467. The molecule has 0 saturated carbocycles. The molecule has 0 bridgehead atoms. The smallest absolute Gasteiger partial charge is 0.246 e. The van der Waals surface area contributed by atoms with E-state index in [1.807, 2.05) is 0 Å². The van der Waals surface area contributed by atoms with Gasteiger partial charge in [0, 0.05) is 33.2 Å². The SMILES string of the molecule is CNC(=O)CNC(=O)CN1CCN(S(=O)(=O)c2ccccc2F)CC1. The van der Waals surface area contributed by atoms with Crippen LogP contribution in [0, 0.1) is 5.82 Å². The summed E-state index contributed by atoms with van der Waals surface area (Å²) in [6.45, 7) is 1.00. The molecule has 0 atom stereocenters. The zero-order valence-electron chi connectivity index (χ0n) is 13.9. The molecule has 1 heterocycles. The van der Waals surface area contributed by atoms with E-state index in [0.29, 0.717) is 13.1 Å². The van der Waals surface area contributed by atoms with Gasteiger partial charge in [0.15, 0.2) is 0 Å². The van der Waals surface area contributed by atoms with Crippen LogP contribution in [-0.2, 0) is 19.6 Å². The number of carbonyl (C=O) groups excluding carboxylic acids is 2. The standard InChI is InChI=1S/C15H21FN4O4S/c1-17-14(21)10-18-15(22)11-19-6-8-20(9-7-19)25(23,24)13-5-3-2-4-12(13)16/h2-5H,6-11H2,1H3,(H,17,21)(H,18,22). The van der Waals surface area contributed by atoms with Crippen molar-refractivity contribution in [3.63, 3.8) is 0 Å². The summed E-state index contributed by atoms with van der Waals surface area (Å²) in [6.07, 6.45) is 0. The Bertz CT molecular complexity index is 733. The third kappa shape index (κ3) is 4.97. The van der Waals surface area contributed by atoms with Gasteiger partial charge < -0.3 is 10.6 Å². The first kappa shape index (κ1) is 19.3. The molecule has 1 aliphatic rings. The van der Waals surface area contributed by atoms with Gasteiger partial charge in [-0.3, -0.25) is 14.5 Å². The Morgan fingerprint density at radius 3 is 2.36 bits per heavy atom. The molecule has 0 aromatic heterocycles. The van der Waals surface area contributed by atoms with Crippen molar-refractivity contribution in [2.24, 2.45) is 0 Å². The first-order valence-corrected chi connectivity index (χ1v) is 9.23. The van der Waals surface area contributed by atoms with E-state index < -0.39 is 15.8 Å². The lowest BCUT2D eigenvalue weighted by atomic mass is 10.3. The van der Waals surface area contributed by atoms with Crippen molar-refractivity contribution in [1.29, 1.82) is 0 Å². The summed E-state index contributed by atoms with van der Waals surface area (Å²) in [4.78, 5) is 24.3. The van der Waals surface area contributed by atoms with E-state index in [2.05, 4.69) is 10.6 Å². The van der Waals surface area contributed by atoms with E-state index >= 15 is 0 Å². The topological polar surface area (TPSA) is 98.8 Å². The van der Waals surface area contributed by atoms with Crippen LogP contribution in [0.5, 0.6) is 0 Å². The summed E-state index contributed by atoms with van der Waals surface area (Å²) in [5.41, 5.74) is 0. The van der Waals surface area contributed by atoms with Gasteiger partial charge in [0.05, 0.1) is 13.1 Å². The third-order valence-corrected chi connectivity index (χ3v) is 5.81. The molecule has 1 aromatic carbocycles. The summed E-state index contributed by atoms with van der Waals surface area (Å²) in [5.74, 6) is -1.39. The summed E-state index contributed by atoms with van der Waals surface area (Å²) in [7, 11) is -2.42. The molecule has 25 heavy (non-hydrogen) atoms. The average molecular weight is 372 g/mol. The van der Waals surface area contributed by atoms with E-state index in [4.69, 9.17) is 0 Å². The Balaban J connectivity index is 1.88. The molecule has 10 heteroatoms. The fourth-order valence-electron chi connectivity index (χ4n) is 2.45. The highest BCUT2D eigenvalue weighted by atomic mass is 32.2. The quantitative estimate of drug-likeness (QED) is 0.667. The summed E-state index contributed by atoms with van der Waals surface area (Å²) in [5, 5.41) is 4.88. The summed E-state index contributed by atoms with van der Waals surface area (Å²) >= 11 is 0. The van der Waals surface area contributed by atoms with Gasteiger partial charge in [-0.15, -0.1) is 0 Å². The van der Waals surface area contributed by atoms with Gasteiger partial charge in [-0.25, -0.2) is 12.8 Å². The lowest BCUT2D eigenvalue weighted by Crippen LogP contribution is -2.51. The predicted molar refractivity (Wildman–Crippen MR) is 88.7 cm³/mol. The zero-order valence-corrected chi connectivity index (χ0v) is 14.7. The molecule has 2 rings (SSSR count). The van der Waals surface area contributed by atoms with Crippen LogP contribution in [0.2, 0.25) is 0 Å². The molecule has 0 radical (unpaired) electrons. The van der Waals surface area contributed by atoms with E-state index in [1.165, 1.54) is 29.6 Å². The number of nitrogens with one attached hydrogen (secondary N) is 2. The predicted octanol–water partition coefficient (Wildman–Crippen LogP) is -1.01. The van der Waals surface area contributed by atoms with Crippen molar-refractivity contribution in [1.82, 2.24) is 19.8 Å². The van der Waals surface area contributed by atoms with Gasteiger partial charge in [-0.1, -0.05) is 12.1 Å². The molecule has 1 fully saturated rings. The Morgan fingerprint density at radius 1 is 1.12 bits per heavy atom. The normalized spacial score (nSPS) is 16.4. The molecule has 1 saturated heterocycles. The number of nitrogens with zero attached hydrogens (tertiary/aromatic N) is 2. The number of sulfonamides is 1. The molecular weight excluding hydrogens is 351 g/mol. The summed E-state index contributed by atoms with van der Waals surface area (Å²) in [6, 6.07) is 5.26. The van der Waals surface area contributed by atoms with Crippen LogP contribution >= 0.6 is 0 Å². The molecule has 2 N–H and O–H groups in total. The molecule has 138 valence electrons. The molecule has 1 aliphatic heterocycles. The number of hydrogen-bond donors (Lipinski definition) is 2. The van der Waals surface area contributed by atoms with Crippen LogP contribution in [-0.4, -0.2) is 75.8 Å². The van der Waals surface area contributed by atoms with Gasteiger partial charge in [0.2, 0.25) is 21.8 Å². The second kappa shape index (κ2) is 8.37. The van der Waals surface area contributed by atoms with Gasteiger partial charge in [-0.2, -0.15) is 4.31 Å². The lowest BCUT2D eigenvalue weighted by Gasteiger charge is -2.33. The third-order valence-electron chi connectivity index (χ3n) is 3.88. The van der Waals surface area contributed by atoms with Crippen molar-refractivity contribution >= 4 is 21.8 Å². The molecular formula is C15H21FN4O4S. The highest BCUT2D eigenvalue weighted by Crippen LogP contribution is 2.20. The van der Waals surface area contributed by atoms with Crippen molar-refractivity contribution in [2.45, 2.75) is 4.90 Å². The van der Waals surface area contributed by atoms with Crippen molar-refractivity contribution < 1.29 is 22.4 Å². The van der Waals surface area contributed by atoms with Crippen molar-refractivity contribution in [3.8, 4) is 0 Å². The number of halogens is 1. The van der Waals surface area contributed by atoms with Crippen LogP contribution in [0.3, 0.4) is 0 Å². The average Bonchev–Trinajstić information content (AvgIpc) is 2.60. The minimum absolute atomic E-state index is 0.0740. The highest BCUT2D eigenvalue weighted by molar-refractivity contribution is 7.89. The Labute approximate surface area is 146 Å². The van der Waals surface area contributed by atoms with Crippen LogP contribution in [0.4, 0.5) is 4.39 Å². The number of carbonyl (C=O) groups is 2. The zero-order chi connectivity index (χ0) is 18.4. The first-order valence-electron chi connectivity index (χ1n) is 7.79. The van der Waals surface area contributed by atoms with Crippen molar-refractivity contribution in [2.75, 3.05) is 46.3 Å². The Hall–Kier alpha value is -2.04. The van der Waals surface area contributed by atoms with E-state index in [9.17, 15) is 22.4 Å². The molecule has 0 aliphatic carbocycles. The number of hydrogen-bond acceptors (Lipinski definition) is 5. The second-order valence-corrected chi connectivity index (χ2v) is 7.47. The first-order chi connectivity index (χ1) is 11.8. The maximum Gasteiger partial charge on any atom is 0.246 e. The monoisotopic (exact) mass is 372 g/mol. The second-order valence-electron chi connectivity index (χ2n) is 5.56. The minimum atomic E-state index is -3.89. The van der Waals surface area contributed by atoms with Gasteiger partial charge >= 0.3 is 0 Å². The molecule has 8 nitrogen and oxygen atoms in total. The van der Waals surface area contributed by atoms with Gasteiger partial charge in [-0.05, 0) is 12.1 Å². The maximum atomic E-state index is 13.8. The Morgan fingerprint density at radius 2 is 1.76 bits per heavy atom. The van der Waals surface area contributed by atoms with Crippen LogP contribution in [0.25, 0.3) is 0 Å². The minimum Gasteiger partial charge on any atom is -0.358 e. The number of benzene rings is 1. The highest BCUT2D eigenvalue weighted by Gasteiger charge is 2.30. The molecule has 2 amide bonds. The largest absolute Gasteiger partial charge is 0.358 e. The molecule has 1 aromatic rings. The number of likely N-dealkylation sites (N-methyl/N-ethyl adjacent to an activating group) is 1. The van der Waals surface area contributed by atoms with Gasteiger partial charge in [0.25, 0.3) is 0 Å². The molecule has 0 spiro atoms. The lowest BCUT2D eigenvalue weighted by molar-refractivity contribution is -0.126. The summed E-state index contributed by atoms with van der Waals surface area (Å²) < 4.78 is 40.0. The van der Waals surface area contributed by atoms with Crippen LogP contribution in [0.15, 0.2) is 29.2 Å². The van der Waals surface area contributed by atoms with Crippen LogP contribution < -0.4 is 10.6 Å². The van der Waals surface area contributed by atoms with Crippen molar-refractivity contribution in [3.05, 3.63) is 30.1 Å². The van der Waals surface area contributed by atoms with E-state index in [-0.39, 0.29) is 42.9 Å². The fourth-order valence-corrected chi connectivity index (χ4v) is 3.93. The van der Waals surface area contributed by atoms with Crippen LogP contribution in [0.1, 0.15) is 0 Å². The number of piperazine rings is 1. The van der Waals surface area contributed by atoms with Gasteiger partial charge in [0.1, 0.15) is 10.7 Å². The maximum absolute atomic E-state index is 13.8. The Kier molecular flexibility index (Phi) is 6.45. The number of amides is 2.